The molecule has 1 aliphatic rings. The molecule has 2 nitrogen and oxygen atoms in total. The van der Waals surface area contributed by atoms with Crippen LogP contribution in [0.2, 0.25) is 0 Å². The van der Waals surface area contributed by atoms with Gasteiger partial charge in [-0.3, -0.25) is 4.79 Å². The Bertz CT molecular complexity index is 341. The van der Waals surface area contributed by atoms with Crippen LogP contribution in [0.5, 0.6) is 0 Å². The molecular formula is C14H18O2. The minimum absolute atomic E-state index is 0.0831. The van der Waals surface area contributed by atoms with Gasteiger partial charge in [-0.25, -0.2) is 0 Å². The molecule has 0 aromatic heterocycles. The van der Waals surface area contributed by atoms with Crippen molar-refractivity contribution in [3.8, 4) is 11.8 Å². The first-order chi connectivity index (χ1) is 7.72. The molecule has 16 heavy (non-hydrogen) atoms. The van der Waals surface area contributed by atoms with Crippen LogP contribution < -0.4 is 0 Å². The van der Waals surface area contributed by atoms with Gasteiger partial charge in [-0.05, 0) is 32.8 Å². The summed E-state index contributed by atoms with van der Waals surface area (Å²) in [4.78, 5) is 10.7. The van der Waals surface area contributed by atoms with Crippen LogP contribution in [-0.2, 0) is 9.53 Å². The van der Waals surface area contributed by atoms with Gasteiger partial charge in [0.25, 0.3) is 0 Å². The second-order valence-corrected chi connectivity index (χ2v) is 3.84. The first kappa shape index (κ1) is 12.7. The summed E-state index contributed by atoms with van der Waals surface area (Å²) < 4.78 is 5.82. The highest BCUT2D eigenvalue weighted by atomic mass is 16.5. The zero-order valence-corrected chi connectivity index (χ0v) is 9.90. The number of hydrogen-bond donors (Lipinski definition) is 0. The normalized spacial score (nSPS) is 24.1. The molecule has 2 heteroatoms. The molecule has 0 N–H and O–H groups in total. The molecule has 2 unspecified atom stereocenters. The molecule has 0 radical (unpaired) electrons. The third-order valence-electron chi connectivity index (χ3n) is 2.35. The minimum atomic E-state index is 0.0831. The SMILES string of the molecule is CC#CCC1C=CCC(C/C=C/C(C)=O)O1. The summed E-state index contributed by atoms with van der Waals surface area (Å²) in [5.41, 5.74) is 0. The van der Waals surface area contributed by atoms with Crippen molar-refractivity contribution in [3.63, 3.8) is 0 Å². The number of hydrogen-bond acceptors (Lipinski definition) is 2. The van der Waals surface area contributed by atoms with Crippen molar-refractivity contribution in [3.05, 3.63) is 24.3 Å². The average molecular weight is 218 g/mol. The van der Waals surface area contributed by atoms with Gasteiger partial charge >= 0.3 is 0 Å². The Morgan fingerprint density at radius 2 is 2.44 bits per heavy atom. The molecule has 0 aromatic rings. The smallest absolute Gasteiger partial charge is 0.152 e. The Kier molecular flexibility index (Phi) is 5.60. The fourth-order valence-electron chi connectivity index (χ4n) is 1.59. The Morgan fingerprint density at radius 3 is 3.12 bits per heavy atom. The molecule has 2 atom stereocenters. The van der Waals surface area contributed by atoms with Crippen molar-refractivity contribution in [1.82, 2.24) is 0 Å². The van der Waals surface area contributed by atoms with E-state index in [2.05, 4.69) is 24.0 Å². The third-order valence-corrected chi connectivity index (χ3v) is 2.35. The lowest BCUT2D eigenvalue weighted by molar-refractivity contribution is -0.112. The van der Waals surface area contributed by atoms with Crippen LogP contribution in [0, 0.1) is 11.8 Å². The predicted octanol–water partition coefficient (Wildman–Crippen LogP) is 2.65. The molecule has 0 fully saturated rings. The Labute approximate surface area is 97.4 Å². The highest BCUT2D eigenvalue weighted by Crippen LogP contribution is 2.17. The summed E-state index contributed by atoms with van der Waals surface area (Å²) in [6.45, 7) is 3.39. The maximum Gasteiger partial charge on any atom is 0.152 e. The Hall–Kier alpha value is -1.33. The van der Waals surface area contributed by atoms with Crippen LogP contribution in [0.15, 0.2) is 24.3 Å². The van der Waals surface area contributed by atoms with E-state index in [0.29, 0.717) is 0 Å². The monoisotopic (exact) mass is 218 g/mol. The molecule has 86 valence electrons. The van der Waals surface area contributed by atoms with E-state index in [-0.39, 0.29) is 18.0 Å². The molecule has 1 rings (SSSR count). The predicted molar refractivity (Wildman–Crippen MR) is 64.9 cm³/mol. The second-order valence-electron chi connectivity index (χ2n) is 3.84. The summed E-state index contributed by atoms with van der Waals surface area (Å²) in [7, 11) is 0. The quantitative estimate of drug-likeness (QED) is 0.412. The van der Waals surface area contributed by atoms with Crippen molar-refractivity contribution in [1.29, 1.82) is 0 Å². The van der Waals surface area contributed by atoms with E-state index in [0.717, 1.165) is 19.3 Å². The zero-order chi connectivity index (χ0) is 11.8. The second kappa shape index (κ2) is 7.03. The van der Waals surface area contributed by atoms with E-state index in [1.54, 1.807) is 13.0 Å². The molecule has 0 spiro atoms. The summed E-state index contributed by atoms with van der Waals surface area (Å²) in [6.07, 6.45) is 10.4. The topological polar surface area (TPSA) is 26.3 Å². The van der Waals surface area contributed by atoms with E-state index in [1.165, 1.54) is 0 Å². The third kappa shape index (κ3) is 4.95. The molecule has 0 aliphatic carbocycles. The highest BCUT2D eigenvalue weighted by Gasteiger charge is 2.15. The van der Waals surface area contributed by atoms with Gasteiger partial charge in [-0.2, -0.15) is 0 Å². The van der Waals surface area contributed by atoms with Crippen molar-refractivity contribution in [2.75, 3.05) is 0 Å². The summed E-state index contributed by atoms with van der Waals surface area (Å²) in [6, 6.07) is 0. The van der Waals surface area contributed by atoms with Crippen LogP contribution in [0.4, 0.5) is 0 Å². The van der Waals surface area contributed by atoms with E-state index in [9.17, 15) is 4.79 Å². The van der Waals surface area contributed by atoms with Crippen LogP contribution in [-0.4, -0.2) is 18.0 Å². The van der Waals surface area contributed by atoms with E-state index >= 15 is 0 Å². The van der Waals surface area contributed by atoms with Crippen LogP contribution in [0.3, 0.4) is 0 Å². The molecule has 1 heterocycles. The number of ketones is 1. The number of carbonyl (C=O) groups excluding carboxylic acids is 1. The van der Waals surface area contributed by atoms with Gasteiger partial charge in [0.05, 0.1) is 12.2 Å². The molecule has 0 amide bonds. The molecule has 0 saturated heterocycles. The fourth-order valence-corrected chi connectivity index (χ4v) is 1.59. The van der Waals surface area contributed by atoms with Gasteiger partial charge in [0.2, 0.25) is 0 Å². The molecule has 0 aromatic carbocycles. The Morgan fingerprint density at radius 1 is 1.62 bits per heavy atom. The first-order valence-electron chi connectivity index (χ1n) is 5.61. The van der Waals surface area contributed by atoms with Gasteiger partial charge in [-0.15, -0.1) is 11.8 Å². The lowest BCUT2D eigenvalue weighted by Crippen LogP contribution is -2.23. The average Bonchev–Trinajstić information content (AvgIpc) is 2.26. The van der Waals surface area contributed by atoms with Crippen molar-refractivity contribution in [2.45, 2.75) is 45.3 Å². The standard InChI is InChI=1S/C14H18O2/c1-3-4-8-13-10-6-11-14(16-13)9-5-7-12(2)15/h5-7,10,13-14H,8-9,11H2,1-2H3/b7-5+. The highest BCUT2D eigenvalue weighted by molar-refractivity contribution is 5.87. The molecule has 0 saturated carbocycles. The van der Waals surface area contributed by atoms with Gasteiger partial charge in [0.15, 0.2) is 5.78 Å². The Balaban J connectivity index is 2.37. The lowest BCUT2D eigenvalue weighted by atomic mass is 10.1. The maximum atomic E-state index is 10.7. The van der Waals surface area contributed by atoms with E-state index in [4.69, 9.17) is 4.74 Å². The van der Waals surface area contributed by atoms with Gasteiger partial charge in [-0.1, -0.05) is 18.2 Å². The van der Waals surface area contributed by atoms with Gasteiger partial charge < -0.3 is 4.74 Å². The number of ether oxygens (including phenoxy) is 1. The lowest BCUT2D eigenvalue weighted by Gasteiger charge is -2.23. The fraction of sp³-hybridized carbons (Fsp3) is 0.500. The van der Waals surface area contributed by atoms with Gasteiger partial charge in [0, 0.05) is 6.42 Å². The number of allylic oxidation sites excluding steroid dienone is 1. The van der Waals surface area contributed by atoms with Crippen LogP contribution in [0.1, 0.15) is 33.1 Å². The van der Waals surface area contributed by atoms with E-state index in [1.807, 2.05) is 13.0 Å². The summed E-state index contributed by atoms with van der Waals surface area (Å²) in [5, 5.41) is 0. The molecule has 1 aliphatic heterocycles. The van der Waals surface area contributed by atoms with Crippen LogP contribution in [0.25, 0.3) is 0 Å². The number of carbonyl (C=O) groups is 1. The van der Waals surface area contributed by atoms with Gasteiger partial charge in [0.1, 0.15) is 0 Å². The maximum absolute atomic E-state index is 10.7. The number of rotatable bonds is 4. The largest absolute Gasteiger partial charge is 0.369 e. The van der Waals surface area contributed by atoms with Crippen molar-refractivity contribution in [2.24, 2.45) is 0 Å². The summed E-state index contributed by atoms with van der Waals surface area (Å²) >= 11 is 0. The van der Waals surface area contributed by atoms with Crippen molar-refractivity contribution >= 4 is 5.78 Å². The zero-order valence-electron chi connectivity index (χ0n) is 9.90. The van der Waals surface area contributed by atoms with Crippen LogP contribution >= 0.6 is 0 Å². The summed E-state index contributed by atoms with van der Waals surface area (Å²) in [5.74, 6) is 5.96. The van der Waals surface area contributed by atoms with Crippen molar-refractivity contribution < 1.29 is 9.53 Å². The van der Waals surface area contributed by atoms with E-state index < -0.39 is 0 Å². The minimum Gasteiger partial charge on any atom is -0.369 e. The first-order valence-corrected chi connectivity index (χ1v) is 5.61. The molecular weight excluding hydrogens is 200 g/mol. The molecule has 0 bridgehead atoms.